The highest BCUT2D eigenvalue weighted by molar-refractivity contribution is 7.98. The van der Waals surface area contributed by atoms with E-state index in [0.29, 0.717) is 5.56 Å². The molecule has 0 radical (unpaired) electrons. The number of thioether (sulfide) groups is 1. The van der Waals surface area contributed by atoms with Crippen LogP contribution in [0.25, 0.3) is 10.6 Å². The van der Waals surface area contributed by atoms with Crippen molar-refractivity contribution >= 4 is 61.9 Å². The number of carbonyl (C=O) groups is 1. The predicted octanol–water partition coefficient (Wildman–Crippen LogP) is 5.02. The number of esters is 1. The molecule has 0 aliphatic heterocycles. The number of para-hydroxylation sites is 1. The number of hydrogen-bond acceptors (Lipinski definition) is 10. The van der Waals surface area contributed by atoms with E-state index in [1.54, 1.807) is 12.3 Å². The number of ether oxygens (including phenoxy) is 1. The monoisotopic (exact) mass is 590 g/mol. The molecule has 0 unspecified atom stereocenters. The fourth-order valence-electron chi connectivity index (χ4n) is 2.82. The van der Waals surface area contributed by atoms with Crippen LogP contribution in [0.4, 0.5) is 18.9 Å². The number of hydrogen-bond donors (Lipinski definition) is 1. The maximum atomic E-state index is 13.6. The third kappa shape index (κ3) is 7.09. The molecule has 2 N–H and O–H groups in total. The summed E-state index contributed by atoms with van der Waals surface area (Å²) in [7, 11) is -3.52. The maximum absolute atomic E-state index is 13.6. The molecule has 15 heteroatoms. The molecule has 3 aromatic rings. The number of aromatic nitrogens is 2. The minimum atomic E-state index is -4.73. The zero-order chi connectivity index (χ0) is 27.4. The van der Waals surface area contributed by atoms with Gasteiger partial charge >= 0.3 is 12.1 Å². The van der Waals surface area contributed by atoms with Crippen LogP contribution in [0.1, 0.15) is 10.6 Å². The van der Waals surface area contributed by atoms with E-state index in [1.807, 2.05) is 0 Å². The molecule has 0 atom stereocenters. The summed E-state index contributed by atoms with van der Waals surface area (Å²) < 4.78 is 69.6. The van der Waals surface area contributed by atoms with Crippen LogP contribution >= 0.6 is 34.7 Å². The number of sulfone groups is 1. The average Bonchev–Trinajstić information content (AvgIpc) is 3.34. The van der Waals surface area contributed by atoms with E-state index < -0.39 is 44.0 Å². The lowest BCUT2D eigenvalue weighted by atomic mass is 10.1. The van der Waals surface area contributed by atoms with Gasteiger partial charge in [0, 0.05) is 11.8 Å². The van der Waals surface area contributed by atoms with Crippen molar-refractivity contribution in [2.45, 2.75) is 11.1 Å². The Morgan fingerprint density at radius 3 is 2.54 bits per heavy atom. The lowest BCUT2D eigenvalue weighted by Gasteiger charge is -2.11. The number of rotatable bonds is 8. The largest absolute Gasteiger partial charge is 0.450 e. The molecule has 37 heavy (non-hydrogen) atoms. The second-order valence-corrected chi connectivity index (χ2v) is 11.4. The maximum Gasteiger partial charge on any atom is 0.418 e. The van der Waals surface area contributed by atoms with Crippen molar-refractivity contribution in [2.24, 2.45) is 10.7 Å². The molecule has 0 aliphatic rings. The number of alkyl halides is 3. The number of carbonyl (C=O) groups excluding carboxylic acids is 1. The van der Waals surface area contributed by atoms with Gasteiger partial charge in [0.05, 0.1) is 21.2 Å². The first-order valence-electron chi connectivity index (χ1n) is 10.0. The van der Waals surface area contributed by atoms with E-state index in [-0.39, 0.29) is 26.6 Å². The van der Waals surface area contributed by atoms with E-state index in [2.05, 4.69) is 15.2 Å². The van der Waals surface area contributed by atoms with Gasteiger partial charge < -0.3 is 10.5 Å². The van der Waals surface area contributed by atoms with Crippen molar-refractivity contribution in [3.05, 3.63) is 69.8 Å². The molecule has 0 bridgehead atoms. The van der Waals surface area contributed by atoms with Crippen LogP contribution in [-0.2, 0) is 25.5 Å². The zero-order valence-electron chi connectivity index (χ0n) is 19.1. The fourth-order valence-corrected chi connectivity index (χ4v) is 4.82. The Hall–Kier alpha value is -2.94. The van der Waals surface area contributed by atoms with Gasteiger partial charge in [-0.1, -0.05) is 47.2 Å². The summed E-state index contributed by atoms with van der Waals surface area (Å²) in [4.78, 5) is 16.4. The Labute approximate surface area is 223 Å². The Bertz CT molecular complexity index is 1490. The Kier molecular flexibility index (Phi) is 9.00. The summed E-state index contributed by atoms with van der Waals surface area (Å²) in [6.07, 6.45) is -2.01. The molecule has 1 heterocycles. The Balaban J connectivity index is 2.19. The van der Waals surface area contributed by atoms with Crippen LogP contribution in [0.3, 0.4) is 0 Å². The van der Waals surface area contributed by atoms with Crippen molar-refractivity contribution in [1.29, 1.82) is 0 Å². The molecule has 0 aliphatic carbocycles. The summed E-state index contributed by atoms with van der Waals surface area (Å²) in [5.41, 5.74) is 3.76. The molecule has 0 fully saturated rings. The number of aliphatic imine (C=N–C) groups is 1. The van der Waals surface area contributed by atoms with Gasteiger partial charge in [-0.05, 0) is 30.5 Å². The zero-order valence-corrected chi connectivity index (χ0v) is 22.3. The van der Waals surface area contributed by atoms with Gasteiger partial charge in [-0.2, -0.15) is 13.2 Å². The molecule has 3 rings (SSSR count). The normalized spacial score (nSPS) is 13.3. The molecule has 0 saturated heterocycles. The Morgan fingerprint density at radius 2 is 1.89 bits per heavy atom. The molecule has 0 spiro atoms. The van der Waals surface area contributed by atoms with Gasteiger partial charge in [0.15, 0.2) is 14.8 Å². The van der Waals surface area contributed by atoms with Crippen LogP contribution in [0.5, 0.6) is 0 Å². The lowest BCUT2D eigenvalue weighted by molar-refractivity contribution is -0.137. The van der Waals surface area contributed by atoms with Crippen molar-refractivity contribution in [3.8, 4) is 10.6 Å². The third-order valence-corrected chi connectivity index (χ3v) is 7.38. The summed E-state index contributed by atoms with van der Waals surface area (Å²) in [5.74, 6) is -1.03. The van der Waals surface area contributed by atoms with Gasteiger partial charge in [0.1, 0.15) is 22.4 Å². The molecule has 196 valence electrons. The van der Waals surface area contributed by atoms with E-state index in [4.69, 9.17) is 22.1 Å². The highest BCUT2D eigenvalue weighted by Crippen LogP contribution is 2.37. The smallest absolute Gasteiger partial charge is 0.418 e. The minimum Gasteiger partial charge on any atom is -0.450 e. The van der Waals surface area contributed by atoms with Crippen LogP contribution in [-0.4, -0.2) is 48.7 Å². The van der Waals surface area contributed by atoms with Crippen LogP contribution in [0, 0.1) is 0 Å². The standard InChI is InChI=1S/C22H18ClF3N4O4S3/c1-35-11-34-21(31)17(27)16(23)18(28-15-9-4-3-8-14(15)22(24,25)26)20-30-29-19(36-20)12-6-5-7-13(10-12)37(2,32)33/h3-10H,11,27H2,1-2H3. The van der Waals surface area contributed by atoms with Crippen molar-refractivity contribution in [3.63, 3.8) is 0 Å². The quantitative estimate of drug-likeness (QED) is 0.168. The van der Waals surface area contributed by atoms with Crippen molar-refractivity contribution < 1.29 is 31.1 Å². The molecule has 8 nitrogen and oxygen atoms in total. The van der Waals surface area contributed by atoms with Gasteiger partial charge in [0.2, 0.25) is 0 Å². The van der Waals surface area contributed by atoms with E-state index in [0.717, 1.165) is 29.7 Å². The van der Waals surface area contributed by atoms with Crippen LogP contribution < -0.4 is 5.73 Å². The average molecular weight is 591 g/mol. The highest BCUT2D eigenvalue weighted by atomic mass is 35.5. The minimum absolute atomic E-state index is 0.0350. The summed E-state index contributed by atoms with van der Waals surface area (Å²) in [6.45, 7) is 0. The van der Waals surface area contributed by atoms with E-state index in [9.17, 15) is 26.4 Å². The molecule has 0 amide bonds. The van der Waals surface area contributed by atoms with Gasteiger partial charge in [0.25, 0.3) is 0 Å². The molecule has 1 aromatic heterocycles. The fraction of sp³-hybridized carbons (Fsp3) is 0.182. The number of allylic oxidation sites excluding steroid dienone is 1. The first kappa shape index (κ1) is 28.6. The molecule has 0 saturated carbocycles. The van der Waals surface area contributed by atoms with Crippen molar-refractivity contribution in [1.82, 2.24) is 10.2 Å². The highest BCUT2D eigenvalue weighted by Gasteiger charge is 2.34. The number of halogens is 4. The first-order valence-corrected chi connectivity index (χ1v) is 14.5. The van der Waals surface area contributed by atoms with Gasteiger partial charge in [-0.15, -0.1) is 22.0 Å². The van der Waals surface area contributed by atoms with E-state index in [1.165, 1.54) is 42.1 Å². The SMILES string of the molecule is CSCOC(=O)C(N)=C(Cl)C(=Nc1ccccc1C(F)(F)F)c1nnc(-c2cccc(S(C)(=O)=O)c2)s1. The van der Waals surface area contributed by atoms with Crippen LogP contribution in [0.15, 0.2) is 69.1 Å². The predicted molar refractivity (Wildman–Crippen MR) is 138 cm³/mol. The molecular weight excluding hydrogens is 573 g/mol. The summed E-state index contributed by atoms with van der Waals surface area (Å²) >= 11 is 8.41. The number of benzene rings is 2. The third-order valence-electron chi connectivity index (χ3n) is 4.55. The summed E-state index contributed by atoms with van der Waals surface area (Å²) in [6, 6.07) is 10.4. The summed E-state index contributed by atoms with van der Waals surface area (Å²) in [5, 5.41) is 7.65. The topological polar surface area (TPSA) is 125 Å². The second kappa shape index (κ2) is 11.6. The van der Waals surface area contributed by atoms with Gasteiger partial charge in [-0.25, -0.2) is 18.2 Å². The lowest BCUT2D eigenvalue weighted by Crippen LogP contribution is -2.19. The number of nitrogens with two attached hydrogens (primary N) is 1. The molecular formula is C22H18ClF3N4O4S3. The van der Waals surface area contributed by atoms with Gasteiger partial charge in [-0.3, -0.25) is 0 Å². The Morgan fingerprint density at radius 1 is 1.19 bits per heavy atom. The van der Waals surface area contributed by atoms with Crippen molar-refractivity contribution in [2.75, 3.05) is 18.5 Å². The van der Waals surface area contributed by atoms with E-state index >= 15 is 0 Å². The van der Waals surface area contributed by atoms with Crippen LogP contribution in [0.2, 0.25) is 0 Å². The first-order chi connectivity index (χ1) is 17.3. The second-order valence-electron chi connectivity index (χ2n) is 7.25. The number of nitrogens with zero attached hydrogens (tertiary/aromatic N) is 3. The molecule has 2 aromatic carbocycles.